The standard InChI is InChI=1S/C64H114O6/c1-4-7-10-13-16-19-22-25-28-30-32-34-36-39-42-45-48-51-54-57-63(66)69-60-61(59-68-62(65)56-53-50-47-44-41-38-35-27-24-21-18-15-12-9-6-3)70-64(67)58-55-52-49-46-43-40-37-33-31-29-26-23-20-17-14-11-8-5-2/h16,18-19,21,25,27-28,35,41,44,61H,4-15,17,20,22-24,26,29-34,36-40,42-43,45-60H2,1-3H3/b19-16-,21-18-,28-25-,35-27-,44-41-/t61-/m1/s1. The van der Waals surface area contributed by atoms with Crippen molar-refractivity contribution in [2.45, 2.75) is 316 Å². The van der Waals surface area contributed by atoms with Crippen LogP contribution in [0.15, 0.2) is 60.8 Å². The van der Waals surface area contributed by atoms with Crippen LogP contribution in [-0.4, -0.2) is 37.2 Å². The zero-order valence-corrected chi connectivity index (χ0v) is 46.5. The molecule has 0 spiro atoms. The van der Waals surface area contributed by atoms with Crippen LogP contribution < -0.4 is 0 Å². The minimum Gasteiger partial charge on any atom is -0.462 e. The molecule has 0 bridgehead atoms. The lowest BCUT2D eigenvalue weighted by Crippen LogP contribution is -2.30. The molecule has 0 heterocycles. The van der Waals surface area contributed by atoms with E-state index in [1.807, 2.05) is 0 Å². The van der Waals surface area contributed by atoms with Crippen LogP contribution in [0.3, 0.4) is 0 Å². The fraction of sp³-hybridized carbons (Fsp3) is 0.797. The molecular formula is C64H114O6. The molecule has 70 heavy (non-hydrogen) atoms. The van der Waals surface area contributed by atoms with E-state index < -0.39 is 6.10 Å². The fourth-order valence-electron chi connectivity index (χ4n) is 8.66. The van der Waals surface area contributed by atoms with Crippen LogP contribution in [0.1, 0.15) is 310 Å². The van der Waals surface area contributed by atoms with Crippen molar-refractivity contribution in [1.29, 1.82) is 0 Å². The first-order valence-electron chi connectivity index (χ1n) is 30.3. The van der Waals surface area contributed by atoms with E-state index in [1.165, 1.54) is 193 Å². The van der Waals surface area contributed by atoms with E-state index in [1.54, 1.807) is 0 Å². The average molecular weight is 980 g/mol. The predicted molar refractivity (Wildman–Crippen MR) is 302 cm³/mol. The van der Waals surface area contributed by atoms with Crippen LogP contribution in [0, 0.1) is 0 Å². The number of allylic oxidation sites excluding steroid dienone is 10. The Labute approximate surface area is 434 Å². The Morgan fingerprint density at radius 2 is 0.514 bits per heavy atom. The summed E-state index contributed by atoms with van der Waals surface area (Å²) in [6.07, 6.45) is 73.6. The molecule has 0 amide bonds. The quantitative estimate of drug-likeness (QED) is 0.0261. The highest BCUT2D eigenvalue weighted by molar-refractivity contribution is 5.71. The maximum absolute atomic E-state index is 12.9. The van der Waals surface area contributed by atoms with Gasteiger partial charge in [-0.1, -0.05) is 261 Å². The molecule has 0 saturated carbocycles. The van der Waals surface area contributed by atoms with E-state index in [-0.39, 0.29) is 31.1 Å². The molecule has 0 radical (unpaired) electrons. The van der Waals surface area contributed by atoms with Crippen molar-refractivity contribution in [3.63, 3.8) is 0 Å². The second kappa shape index (κ2) is 58.7. The molecule has 0 rings (SSSR count). The van der Waals surface area contributed by atoms with Crippen molar-refractivity contribution in [2.75, 3.05) is 13.2 Å². The Hall–Kier alpha value is -2.89. The number of ether oxygens (including phenoxy) is 3. The van der Waals surface area contributed by atoms with Crippen LogP contribution in [0.5, 0.6) is 0 Å². The highest BCUT2D eigenvalue weighted by Crippen LogP contribution is 2.16. The van der Waals surface area contributed by atoms with Gasteiger partial charge in [0, 0.05) is 19.3 Å². The number of hydrogen-bond donors (Lipinski definition) is 0. The highest BCUT2D eigenvalue weighted by atomic mass is 16.6. The van der Waals surface area contributed by atoms with Crippen LogP contribution >= 0.6 is 0 Å². The Kier molecular flexibility index (Phi) is 56.3. The first kappa shape index (κ1) is 67.1. The zero-order chi connectivity index (χ0) is 50.7. The number of rotatable bonds is 55. The molecule has 0 aliphatic carbocycles. The van der Waals surface area contributed by atoms with Gasteiger partial charge >= 0.3 is 17.9 Å². The number of carbonyl (C=O) groups is 3. The lowest BCUT2D eigenvalue weighted by atomic mass is 10.0. The van der Waals surface area contributed by atoms with E-state index in [4.69, 9.17) is 14.2 Å². The predicted octanol–water partition coefficient (Wildman–Crippen LogP) is 20.4. The SMILES string of the molecule is CCCCC/C=C\C/C=C\C/C=C\CCCCC(=O)OC[C@H](COC(=O)CCCCCCCCCCC/C=C\C/C=C\CCCCC)OC(=O)CCCCCCCCCCCCCCCCCCCC. The fourth-order valence-corrected chi connectivity index (χ4v) is 8.66. The van der Waals surface area contributed by atoms with Crippen LogP contribution in [0.25, 0.3) is 0 Å². The lowest BCUT2D eigenvalue weighted by Gasteiger charge is -2.18. The van der Waals surface area contributed by atoms with Crippen molar-refractivity contribution in [3.8, 4) is 0 Å². The number of hydrogen-bond acceptors (Lipinski definition) is 6. The molecule has 0 aromatic rings. The van der Waals surface area contributed by atoms with Gasteiger partial charge in [-0.3, -0.25) is 14.4 Å². The van der Waals surface area contributed by atoms with E-state index in [2.05, 4.69) is 81.5 Å². The summed E-state index contributed by atoms with van der Waals surface area (Å²) >= 11 is 0. The summed E-state index contributed by atoms with van der Waals surface area (Å²) in [6.45, 7) is 6.59. The van der Waals surface area contributed by atoms with Crippen molar-refractivity contribution in [2.24, 2.45) is 0 Å². The molecule has 0 N–H and O–H groups in total. The Balaban J connectivity index is 4.39. The maximum atomic E-state index is 12.9. The van der Waals surface area contributed by atoms with Gasteiger partial charge < -0.3 is 14.2 Å². The molecule has 0 aromatic heterocycles. The van der Waals surface area contributed by atoms with Crippen molar-refractivity contribution in [1.82, 2.24) is 0 Å². The van der Waals surface area contributed by atoms with Crippen molar-refractivity contribution < 1.29 is 28.6 Å². The van der Waals surface area contributed by atoms with Gasteiger partial charge in [-0.15, -0.1) is 0 Å². The minimum atomic E-state index is -0.790. The summed E-state index contributed by atoms with van der Waals surface area (Å²) in [5.41, 5.74) is 0. The van der Waals surface area contributed by atoms with E-state index >= 15 is 0 Å². The van der Waals surface area contributed by atoms with Crippen LogP contribution in [0.4, 0.5) is 0 Å². The normalized spacial score (nSPS) is 12.4. The molecule has 6 nitrogen and oxygen atoms in total. The summed E-state index contributed by atoms with van der Waals surface area (Å²) in [5.74, 6) is -0.914. The summed E-state index contributed by atoms with van der Waals surface area (Å²) in [4.78, 5) is 38.2. The van der Waals surface area contributed by atoms with E-state index in [9.17, 15) is 14.4 Å². The first-order chi connectivity index (χ1) is 34.5. The third-order valence-electron chi connectivity index (χ3n) is 13.2. The van der Waals surface area contributed by atoms with Crippen molar-refractivity contribution in [3.05, 3.63) is 60.8 Å². The van der Waals surface area contributed by atoms with Crippen LogP contribution in [0.2, 0.25) is 0 Å². The van der Waals surface area contributed by atoms with Gasteiger partial charge in [-0.2, -0.15) is 0 Å². The number of unbranched alkanes of at least 4 members (excludes halogenated alkanes) is 34. The van der Waals surface area contributed by atoms with Gasteiger partial charge in [-0.25, -0.2) is 0 Å². The van der Waals surface area contributed by atoms with E-state index in [0.717, 1.165) is 77.0 Å². The van der Waals surface area contributed by atoms with Crippen molar-refractivity contribution >= 4 is 17.9 Å². The smallest absolute Gasteiger partial charge is 0.306 e. The van der Waals surface area contributed by atoms with Gasteiger partial charge in [0.2, 0.25) is 0 Å². The summed E-state index contributed by atoms with van der Waals surface area (Å²) in [5, 5.41) is 0. The minimum absolute atomic E-state index is 0.0859. The number of esters is 3. The second-order valence-corrected chi connectivity index (χ2v) is 20.3. The first-order valence-corrected chi connectivity index (χ1v) is 30.3. The molecule has 0 unspecified atom stereocenters. The Morgan fingerprint density at radius 1 is 0.286 bits per heavy atom. The molecule has 0 aromatic carbocycles. The molecular weight excluding hydrogens is 865 g/mol. The molecule has 0 aliphatic heterocycles. The Morgan fingerprint density at radius 3 is 0.857 bits per heavy atom. The van der Waals surface area contributed by atoms with Gasteiger partial charge in [0.15, 0.2) is 6.10 Å². The Bertz CT molecular complexity index is 1260. The van der Waals surface area contributed by atoms with Gasteiger partial charge in [0.25, 0.3) is 0 Å². The highest BCUT2D eigenvalue weighted by Gasteiger charge is 2.19. The van der Waals surface area contributed by atoms with Gasteiger partial charge in [0.05, 0.1) is 0 Å². The second-order valence-electron chi connectivity index (χ2n) is 20.3. The summed E-state index contributed by atoms with van der Waals surface area (Å²) in [7, 11) is 0. The topological polar surface area (TPSA) is 78.9 Å². The molecule has 0 aliphatic rings. The molecule has 0 saturated heterocycles. The molecule has 6 heteroatoms. The van der Waals surface area contributed by atoms with Gasteiger partial charge in [0.1, 0.15) is 13.2 Å². The number of carbonyl (C=O) groups excluding carboxylic acids is 3. The molecule has 0 fully saturated rings. The molecule has 406 valence electrons. The third kappa shape index (κ3) is 56.0. The monoisotopic (exact) mass is 979 g/mol. The molecule has 1 atom stereocenters. The summed E-state index contributed by atoms with van der Waals surface area (Å²) < 4.78 is 16.9. The third-order valence-corrected chi connectivity index (χ3v) is 13.2. The largest absolute Gasteiger partial charge is 0.462 e. The lowest BCUT2D eigenvalue weighted by molar-refractivity contribution is -0.167. The average Bonchev–Trinajstić information content (AvgIpc) is 3.36. The van der Waals surface area contributed by atoms with E-state index in [0.29, 0.717) is 19.3 Å². The van der Waals surface area contributed by atoms with Gasteiger partial charge in [-0.05, 0) is 89.9 Å². The zero-order valence-electron chi connectivity index (χ0n) is 46.5. The summed E-state index contributed by atoms with van der Waals surface area (Å²) in [6, 6.07) is 0. The maximum Gasteiger partial charge on any atom is 0.306 e. The van der Waals surface area contributed by atoms with Crippen LogP contribution in [-0.2, 0) is 28.6 Å².